The van der Waals surface area contributed by atoms with Crippen molar-refractivity contribution in [1.29, 1.82) is 0 Å². The van der Waals surface area contributed by atoms with Gasteiger partial charge in [-0.15, -0.1) is 12.6 Å². The highest BCUT2D eigenvalue weighted by molar-refractivity contribution is 7.80. The molecule has 0 saturated heterocycles. The predicted octanol–water partition coefficient (Wildman–Crippen LogP) is 3.62. The van der Waals surface area contributed by atoms with E-state index in [1.165, 1.54) is 33.7 Å². The minimum atomic E-state index is 0.648. The maximum absolute atomic E-state index is 4.73. The first-order valence-electron chi connectivity index (χ1n) is 7.20. The number of hydrogen-bond acceptors (Lipinski definition) is 3. The molecule has 0 saturated carbocycles. The summed E-state index contributed by atoms with van der Waals surface area (Å²) in [5.41, 5.74) is 7.12. The molecule has 19 heavy (non-hydrogen) atoms. The highest BCUT2D eigenvalue weighted by Crippen LogP contribution is 2.43. The van der Waals surface area contributed by atoms with Crippen LogP contribution in [0.15, 0.2) is 4.90 Å². The zero-order valence-corrected chi connectivity index (χ0v) is 13.7. The van der Waals surface area contributed by atoms with Crippen molar-refractivity contribution in [3.63, 3.8) is 0 Å². The van der Waals surface area contributed by atoms with Gasteiger partial charge in [-0.1, -0.05) is 6.92 Å². The fourth-order valence-corrected chi connectivity index (χ4v) is 3.67. The van der Waals surface area contributed by atoms with E-state index >= 15 is 0 Å². The van der Waals surface area contributed by atoms with Gasteiger partial charge in [-0.2, -0.15) is 0 Å². The number of hydrogen-bond donors (Lipinski definition) is 2. The third kappa shape index (κ3) is 2.63. The molecule has 0 fully saturated rings. The molecule has 0 spiro atoms. The first kappa shape index (κ1) is 14.7. The molecule has 1 aliphatic rings. The monoisotopic (exact) mass is 278 g/mol. The van der Waals surface area contributed by atoms with E-state index in [4.69, 9.17) is 12.6 Å². The van der Waals surface area contributed by atoms with E-state index in [9.17, 15) is 0 Å². The second-order valence-electron chi connectivity index (χ2n) is 5.89. The Morgan fingerprint density at radius 3 is 2.53 bits per heavy atom. The number of benzene rings is 1. The summed E-state index contributed by atoms with van der Waals surface area (Å²) < 4.78 is 0. The maximum Gasteiger partial charge on any atom is 0.0420 e. The number of nitrogens with zero attached hydrogens (tertiary/aromatic N) is 1. The summed E-state index contributed by atoms with van der Waals surface area (Å²) in [5.74, 6) is 0.648. The van der Waals surface area contributed by atoms with Gasteiger partial charge in [0.1, 0.15) is 0 Å². The number of fused-ring (bicyclic) bond motifs is 1. The third-order valence-corrected chi connectivity index (χ3v) is 4.96. The van der Waals surface area contributed by atoms with Crippen LogP contribution in [-0.4, -0.2) is 32.1 Å². The lowest BCUT2D eigenvalue weighted by Gasteiger charge is -2.20. The molecule has 0 aromatic heterocycles. The van der Waals surface area contributed by atoms with Crippen LogP contribution < -0.4 is 5.32 Å². The predicted molar refractivity (Wildman–Crippen MR) is 86.9 cm³/mol. The van der Waals surface area contributed by atoms with Crippen LogP contribution >= 0.6 is 12.6 Å². The Balaban J connectivity index is 2.41. The van der Waals surface area contributed by atoms with E-state index in [0.29, 0.717) is 5.92 Å². The van der Waals surface area contributed by atoms with Gasteiger partial charge in [-0.05, 0) is 69.6 Å². The van der Waals surface area contributed by atoms with Crippen molar-refractivity contribution in [1.82, 2.24) is 4.90 Å². The average Bonchev–Trinajstić information content (AvgIpc) is 2.78. The molecular weight excluding hydrogens is 252 g/mol. The highest BCUT2D eigenvalue weighted by Gasteiger charge is 2.28. The van der Waals surface area contributed by atoms with Crippen LogP contribution in [0, 0.1) is 13.8 Å². The van der Waals surface area contributed by atoms with Crippen molar-refractivity contribution in [2.45, 2.75) is 44.4 Å². The van der Waals surface area contributed by atoms with Crippen molar-refractivity contribution in [3.05, 3.63) is 22.3 Å². The fraction of sp³-hybridized carbons (Fsp3) is 0.625. The van der Waals surface area contributed by atoms with Crippen LogP contribution in [0.4, 0.5) is 5.69 Å². The van der Waals surface area contributed by atoms with Crippen LogP contribution in [-0.2, 0) is 6.42 Å². The normalized spacial score (nSPS) is 17.7. The van der Waals surface area contributed by atoms with Gasteiger partial charge < -0.3 is 10.2 Å². The third-order valence-electron chi connectivity index (χ3n) is 4.35. The van der Waals surface area contributed by atoms with Crippen LogP contribution in [0.1, 0.15) is 41.5 Å². The Morgan fingerprint density at radius 1 is 1.26 bits per heavy atom. The van der Waals surface area contributed by atoms with Gasteiger partial charge in [0.15, 0.2) is 0 Å². The Hall–Kier alpha value is -0.670. The molecule has 3 heteroatoms. The van der Waals surface area contributed by atoms with Gasteiger partial charge in [0.25, 0.3) is 0 Å². The topological polar surface area (TPSA) is 15.3 Å². The van der Waals surface area contributed by atoms with Gasteiger partial charge in [-0.25, -0.2) is 0 Å². The quantitative estimate of drug-likeness (QED) is 0.818. The molecule has 1 aliphatic heterocycles. The maximum atomic E-state index is 4.73. The molecule has 0 radical (unpaired) electrons. The van der Waals surface area contributed by atoms with Crippen molar-refractivity contribution in [2.24, 2.45) is 0 Å². The molecule has 106 valence electrons. The van der Waals surface area contributed by atoms with Crippen molar-refractivity contribution >= 4 is 18.3 Å². The lowest BCUT2D eigenvalue weighted by atomic mass is 9.88. The van der Waals surface area contributed by atoms with E-state index in [-0.39, 0.29) is 0 Å². The van der Waals surface area contributed by atoms with Crippen LogP contribution in [0.25, 0.3) is 0 Å². The van der Waals surface area contributed by atoms with Gasteiger partial charge in [0.2, 0.25) is 0 Å². The molecule has 0 bridgehead atoms. The Kier molecular flexibility index (Phi) is 4.46. The molecule has 1 heterocycles. The zero-order chi connectivity index (χ0) is 14.2. The summed E-state index contributed by atoms with van der Waals surface area (Å²) in [6, 6.07) is 0. The van der Waals surface area contributed by atoms with E-state index in [1.807, 2.05) is 0 Å². The first-order valence-corrected chi connectivity index (χ1v) is 7.65. The lowest BCUT2D eigenvalue weighted by molar-refractivity contribution is 0.385. The molecule has 1 aromatic rings. The van der Waals surface area contributed by atoms with Gasteiger partial charge in [0, 0.05) is 23.0 Å². The van der Waals surface area contributed by atoms with Crippen LogP contribution in [0.2, 0.25) is 0 Å². The smallest absolute Gasteiger partial charge is 0.0420 e. The minimum Gasteiger partial charge on any atom is -0.384 e. The van der Waals surface area contributed by atoms with E-state index in [1.54, 1.807) is 5.56 Å². The summed E-state index contributed by atoms with van der Waals surface area (Å²) in [7, 11) is 4.30. The van der Waals surface area contributed by atoms with Gasteiger partial charge >= 0.3 is 0 Å². The molecule has 1 aromatic carbocycles. The molecule has 0 amide bonds. The number of anilines is 1. The fourth-order valence-electron chi connectivity index (χ4n) is 3.23. The Morgan fingerprint density at radius 2 is 1.95 bits per heavy atom. The average molecular weight is 278 g/mol. The molecular formula is C16H26N2S. The SMILES string of the molecule is CCc1c(C)c2c(c(C)c1S)NCC2CCN(C)C. The number of nitrogens with one attached hydrogen (secondary N) is 1. The van der Waals surface area contributed by atoms with Crippen molar-refractivity contribution in [2.75, 3.05) is 32.5 Å². The second-order valence-corrected chi connectivity index (χ2v) is 6.34. The van der Waals surface area contributed by atoms with Gasteiger partial charge in [0.05, 0.1) is 0 Å². The summed E-state index contributed by atoms with van der Waals surface area (Å²) >= 11 is 4.73. The number of thiol groups is 1. The van der Waals surface area contributed by atoms with E-state index < -0.39 is 0 Å². The highest BCUT2D eigenvalue weighted by atomic mass is 32.1. The van der Waals surface area contributed by atoms with E-state index in [2.05, 4.69) is 45.1 Å². The molecule has 1 atom stereocenters. The van der Waals surface area contributed by atoms with Crippen LogP contribution in [0.5, 0.6) is 0 Å². The molecule has 1 unspecified atom stereocenters. The largest absolute Gasteiger partial charge is 0.384 e. The van der Waals surface area contributed by atoms with Crippen LogP contribution in [0.3, 0.4) is 0 Å². The first-order chi connectivity index (χ1) is 8.97. The summed E-state index contributed by atoms with van der Waals surface area (Å²) in [5, 5.41) is 3.61. The zero-order valence-electron chi connectivity index (χ0n) is 12.8. The molecule has 0 aliphatic carbocycles. The second kappa shape index (κ2) is 5.76. The Labute approximate surface area is 123 Å². The summed E-state index contributed by atoms with van der Waals surface area (Å²) in [6.45, 7) is 8.91. The summed E-state index contributed by atoms with van der Waals surface area (Å²) in [4.78, 5) is 3.45. The van der Waals surface area contributed by atoms with E-state index in [0.717, 1.165) is 19.5 Å². The minimum absolute atomic E-state index is 0.648. The van der Waals surface area contributed by atoms with Crippen molar-refractivity contribution in [3.8, 4) is 0 Å². The molecule has 1 N–H and O–H groups in total. The Bertz CT molecular complexity index is 480. The standard InChI is InChI=1S/C16H26N2S/c1-6-13-10(2)14-12(7-8-18(4)5)9-17-15(14)11(3)16(13)19/h12,17,19H,6-9H2,1-5H3. The van der Waals surface area contributed by atoms with Crippen molar-refractivity contribution < 1.29 is 0 Å². The van der Waals surface area contributed by atoms with Gasteiger partial charge in [-0.3, -0.25) is 0 Å². The lowest BCUT2D eigenvalue weighted by Crippen LogP contribution is -2.17. The summed E-state index contributed by atoms with van der Waals surface area (Å²) in [6.07, 6.45) is 2.29. The molecule has 2 rings (SSSR count). The molecule has 2 nitrogen and oxygen atoms in total. The number of rotatable bonds is 4.